The number of methoxy groups -OCH3 is 2. The van der Waals surface area contributed by atoms with Gasteiger partial charge in [-0.1, -0.05) is 36.4 Å². The van der Waals surface area contributed by atoms with E-state index in [0.29, 0.717) is 34.1 Å². The number of halogens is 3. The lowest BCUT2D eigenvalue weighted by molar-refractivity contribution is -0.164. The summed E-state index contributed by atoms with van der Waals surface area (Å²) in [5, 5.41) is 2.62. The Kier molecular flexibility index (Phi) is 13.8. The van der Waals surface area contributed by atoms with Gasteiger partial charge in [-0.3, -0.25) is 30.7 Å². The van der Waals surface area contributed by atoms with Gasteiger partial charge in [-0.2, -0.15) is 13.2 Å². The molecule has 0 aromatic heterocycles. The van der Waals surface area contributed by atoms with Gasteiger partial charge in [-0.15, -0.1) is 0 Å². The number of benzene rings is 3. The predicted molar refractivity (Wildman–Crippen MR) is 175 cm³/mol. The first-order valence-corrected chi connectivity index (χ1v) is 15.3. The standard InChI is InChI=1S/C34H40F3N5O8/c1-33(2,3)50-32(46)42-39-28(34(35,36)37)20-30(44)40-41-31(45)25(17-22-14-15-26(47-4)27(18-22)48-5)38-29(43)19-21-10-9-13-24(16-21)49-23-11-7-6-8-12-23/h6-16,18,25,28,39H,17,19-20H2,1-5H3,(H,38,43)(H,40,44)(H,41,45)(H,42,46)/t25-,28?/m0/s1. The number of carbonyl (C=O) groups excluding carboxylic acids is 4. The van der Waals surface area contributed by atoms with Crippen LogP contribution in [-0.2, 0) is 32.0 Å². The Morgan fingerprint density at radius 2 is 1.42 bits per heavy atom. The summed E-state index contributed by atoms with van der Waals surface area (Å²) < 4.78 is 62.1. The molecule has 0 saturated heterocycles. The molecular weight excluding hydrogens is 663 g/mol. The highest BCUT2D eigenvalue weighted by Crippen LogP contribution is 2.28. The lowest BCUT2D eigenvalue weighted by Crippen LogP contribution is -2.56. The van der Waals surface area contributed by atoms with Crippen LogP contribution in [-0.4, -0.2) is 61.9 Å². The number of ether oxygens (including phenoxy) is 4. The average Bonchev–Trinajstić information content (AvgIpc) is 3.04. The number of hydrogen-bond acceptors (Lipinski definition) is 9. The maximum Gasteiger partial charge on any atom is 0.422 e. The van der Waals surface area contributed by atoms with E-state index in [0.717, 1.165) is 0 Å². The smallest absolute Gasteiger partial charge is 0.422 e. The molecule has 3 rings (SSSR count). The Labute approximate surface area is 287 Å². The van der Waals surface area contributed by atoms with Gasteiger partial charge in [-0.05, 0) is 68.3 Å². The minimum Gasteiger partial charge on any atom is -0.493 e. The monoisotopic (exact) mass is 703 g/mol. The summed E-state index contributed by atoms with van der Waals surface area (Å²) in [5.74, 6) is -0.888. The summed E-state index contributed by atoms with van der Waals surface area (Å²) >= 11 is 0. The van der Waals surface area contributed by atoms with Crippen LogP contribution < -0.4 is 41.2 Å². The van der Waals surface area contributed by atoms with Crippen molar-refractivity contribution in [3.05, 3.63) is 83.9 Å². The third kappa shape index (κ3) is 13.2. The van der Waals surface area contributed by atoms with E-state index in [1.165, 1.54) is 35.0 Å². The van der Waals surface area contributed by atoms with Crippen molar-refractivity contribution < 1.29 is 51.3 Å². The zero-order chi connectivity index (χ0) is 36.9. The van der Waals surface area contributed by atoms with Crippen molar-refractivity contribution in [3.8, 4) is 23.0 Å². The van der Waals surface area contributed by atoms with Gasteiger partial charge in [0.15, 0.2) is 11.5 Å². The SMILES string of the molecule is COc1ccc(C[C@H](NC(=O)Cc2cccc(Oc3ccccc3)c2)C(=O)NNC(=O)CC(NNC(=O)OC(C)(C)C)C(F)(F)F)cc1OC. The van der Waals surface area contributed by atoms with Crippen molar-refractivity contribution in [2.24, 2.45) is 0 Å². The first kappa shape index (κ1) is 38.9. The third-order valence-corrected chi connectivity index (χ3v) is 6.64. The van der Waals surface area contributed by atoms with Crippen LogP contribution in [0.2, 0.25) is 0 Å². The number of carbonyl (C=O) groups is 4. The van der Waals surface area contributed by atoms with Gasteiger partial charge in [0.05, 0.1) is 27.1 Å². The minimum atomic E-state index is -4.97. The molecule has 3 aromatic carbocycles. The number of para-hydroxylation sites is 1. The maximum absolute atomic E-state index is 13.6. The van der Waals surface area contributed by atoms with Gasteiger partial charge < -0.3 is 24.3 Å². The van der Waals surface area contributed by atoms with Crippen molar-refractivity contribution in [2.45, 2.75) is 63.9 Å². The van der Waals surface area contributed by atoms with Crippen LogP contribution in [0.4, 0.5) is 18.0 Å². The number of hydrazine groups is 2. The number of alkyl halides is 3. The van der Waals surface area contributed by atoms with E-state index >= 15 is 0 Å². The lowest BCUT2D eigenvalue weighted by atomic mass is 10.0. The maximum atomic E-state index is 13.6. The molecule has 2 atom stereocenters. The molecular formula is C34H40F3N5O8. The van der Waals surface area contributed by atoms with Crippen LogP contribution in [0.1, 0.15) is 38.3 Å². The summed E-state index contributed by atoms with van der Waals surface area (Å²) in [6, 6.07) is 16.8. The van der Waals surface area contributed by atoms with E-state index in [2.05, 4.69) is 10.7 Å². The second-order valence-electron chi connectivity index (χ2n) is 11.9. The van der Waals surface area contributed by atoms with E-state index in [1.807, 2.05) is 23.6 Å². The van der Waals surface area contributed by atoms with E-state index in [9.17, 15) is 32.3 Å². The molecule has 0 saturated carbocycles. The van der Waals surface area contributed by atoms with E-state index < -0.39 is 54.1 Å². The summed E-state index contributed by atoms with van der Waals surface area (Å²) in [6.45, 7) is 4.55. The number of rotatable bonds is 14. The van der Waals surface area contributed by atoms with Crippen LogP contribution in [0.15, 0.2) is 72.8 Å². The van der Waals surface area contributed by atoms with E-state index in [4.69, 9.17) is 18.9 Å². The number of amides is 4. The highest BCUT2D eigenvalue weighted by molar-refractivity contribution is 5.90. The van der Waals surface area contributed by atoms with Crippen molar-refractivity contribution in [1.29, 1.82) is 0 Å². The molecule has 0 aliphatic carbocycles. The molecule has 0 radical (unpaired) electrons. The van der Waals surface area contributed by atoms with Crippen molar-refractivity contribution in [2.75, 3.05) is 14.2 Å². The van der Waals surface area contributed by atoms with Crippen molar-refractivity contribution in [3.63, 3.8) is 0 Å². The van der Waals surface area contributed by atoms with Gasteiger partial charge in [0.2, 0.25) is 11.8 Å². The Morgan fingerprint density at radius 1 is 0.740 bits per heavy atom. The van der Waals surface area contributed by atoms with Crippen LogP contribution in [0.3, 0.4) is 0 Å². The fraction of sp³-hybridized carbons (Fsp3) is 0.353. The average molecular weight is 704 g/mol. The van der Waals surface area contributed by atoms with Gasteiger partial charge in [0.1, 0.15) is 29.2 Å². The fourth-order valence-electron chi connectivity index (χ4n) is 4.38. The van der Waals surface area contributed by atoms with Gasteiger partial charge in [0.25, 0.3) is 5.91 Å². The number of nitrogens with one attached hydrogen (secondary N) is 5. The van der Waals surface area contributed by atoms with Crippen molar-refractivity contribution >= 4 is 23.8 Å². The molecule has 0 aliphatic heterocycles. The Hall–Kier alpha value is -5.51. The zero-order valence-electron chi connectivity index (χ0n) is 28.1. The summed E-state index contributed by atoms with van der Waals surface area (Å²) in [6.07, 6.45) is -7.64. The van der Waals surface area contributed by atoms with E-state index in [-0.39, 0.29) is 12.8 Å². The molecule has 3 aromatic rings. The van der Waals surface area contributed by atoms with Gasteiger partial charge in [0, 0.05) is 6.42 Å². The largest absolute Gasteiger partial charge is 0.493 e. The highest BCUT2D eigenvalue weighted by Gasteiger charge is 2.41. The summed E-state index contributed by atoms with van der Waals surface area (Å²) in [5.41, 5.74) is 7.63. The normalized spacial score (nSPS) is 12.5. The van der Waals surface area contributed by atoms with Crippen LogP contribution in [0.25, 0.3) is 0 Å². The quantitative estimate of drug-likeness (QED) is 0.154. The fourth-order valence-corrected chi connectivity index (χ4v) is 4.38. The number of hydrogen-bond donors (Lipinski definition) is 5. The predicted octanol–water partition coefficient (Wildman–Crippen LogP) is 4.26. The lowest BCUT2D eigenvalue weighted by Gasteiger charge is -2.24. The first-order chi connectivity index (χ1) is 23.6. The molecule has 270 valence electrons. The van der Waals surface area contributed by atoms with Crippen LogP contribution in [0.5, 0.6) is 23.0 Å². The molecule has 5 N–H and O–H groups in total. The topological polar surface area (TPSA) is 165 Å². The molecule has 0 fully saturated rings. The molecule has 4 amide bonds. The van der Waals surface area contributed by atoms with Crippen LogP contribution >= 0.6 is 0 Å². The molecule has 1 unspecified atom stereocenters. The molecule has 0 heterocycles. The Balaban J connectivity index is 1.70. The zero-order valence-corrected chi connectivity index (χ0v) is 28.1. The van der Waals surface area contributed by atoms with Gasteiger partial charge >= 0.3 is 12.3 Å². The third-order valence-electron chi connectivity index (χ3n) is 6.64. The molecule has 50 heavy (non-hydrogen) atoms. The second kappa shape index (κ2) is 17.8. The van der Waals surface area contributed by atoms with Crippen LogP contribution in [0, 0.1) is 0 Å². The second-order valence-corrected chi connectivity index (χ2v) is 11.9. The van der Waals surface area contributed by atoms with Crippen molar-refractivity contribution in [1.82, 2.24) is 27.0 Å². The molecule has 16 heteroatoms. The van der Waals surface area contributed by atoms with Gasteiger partial charge in [-0.25, -0.2) is 10.2 Å². The highest BCUT2D eigenvalue weighted by atomic mass is 19.4. The Morgan fingerprint density at radius 3 is 2.06 bits per heavy atom. The Bertz CT molecular complexity index is 1620. The molecule has 13 nitrogen and oxygen atoms in total. The molecule has 0 spiro atoms. The summed E-state index contributed by atoms with van der Waals surface area (Å²) in [7, 11) is 2.87. The molecule has 0 bridgehead atoms. The summed E-state index contributed by atoms with van der Waals surface area (Å²) in [4.78, 5) is 50.8. The first-order valence-electron chi connectivity index (χ1n) is 15.3. The minimum absolute atomic E-state index is 0.0997. The van der Waals surface area contributed by atoms with E-state index in [1.54, 1.807) is 65.4 Å². The molecule has 0 aliphatic rings.